The van der Waals surface area contributed by atoms with Gasteiger partial charge in [-0.25, -0.2) is 0 Å². The molecule has 1 N–H and O–H groups in total. The molecule has 0 radical (unpaired) electrons. The molecule has 76 valence electrons. The molecule has 3 heteroatoms. The van der Waals surface area contributed by atoms with E-state index in [1.54, 1.807) is 0 Å². The van der Waals surface area contributed by atoms with Crippen molar-refractivity contribution in [2.45, 2.75) is 31.5 Å². The largest absolute Gasteiger partial charge is 0.462 e. The van der Waals surface area contributed by atoms with E-state index in [0.717, 1.165) is 19.3 Å². The molecule has 3 nitrogen and oxygen atoms in total. The molecule has 0 amide bonds. The quantitative estimate of drug-likeness (QED) is 0.573. The van der Waals surface area contributed by atoms with Crippen molar-refractivity contribution in [3.8, 4) is 0 Å². The van der Waals surface area contributed by atoms with Crippen LogP contribution in [-0.2, 0) is 9.53 Å². The molecule has 0 aromatic heterocycles. The lowest BCUT2D eigenvalue weighted by atomic mass is 9.50. The standard InChI is InChI=1S/C11H14O3/c12-9-4-1-5-3-6(9)8-7(2-4)10(5)14-11(8)13/h4-10,12H,1-3H2/t4-,5-,6+,7+,8?,9?,10?/m0/s1. The summed E-state index contributed by atoms with van der Waals surface area (Å²) in [6, 6.07) is 0. The second-order valence-corrected chi connectivity index (χ2v) is 5.47. The van der Waals surface area contributed by atoms with Gasteiger partial charge in [0.2, 0.25) is 0 Å². The topological polar surface area (TPSA) is 46.5 Å². The second kappa shape index (κ2) is 2.16. The first-order valence-electron chi connectivity index (χ1n) is 5.64. The number of esters is 1. The molecule has 5 rings (SSSR count). The summed E-state index contributed by atoms with van der Waals surface area (Å²) in [5, 5.41) is 10.1. The number of ether oxygens (including phenoxy) is 1. The minimum Gasteiger partial charge on any atom is -0.462 e. The summed E-state index contributed by atoms with van der Waals surface area (Å²) in [5.41, 5.74) is 0. The van der Waals surface area contributed by atoms with Crippen LogP contribution in [0.3, 0.4) is 0 Å². The van der Waals surface area contributed by atoms with Crippen LogP contribution in [0.2, 0.25) is 0 Å². The van der Waals surface area contributed by atoms with Crippen LogP contribution in [0.25, 0.3) is 0 Å². The Labute approximate surface area is 82.4 Å². The number of carbonyl (C=O) groups is 1. The third kappa shape index (κ3) is 0.659. The van der Waals surface area contributed by atoms with E-state index in [0.29, 0.717) is 17.8 Å². The number of hydrogen-bond donors (Lipinski definition) is 1. The Hall–Kier alpha value is -0.570. The Kier molecular flexibility index (Phi) is 1.19. The Morgan fingerprint density at radius 3 is 2.79 bits per heavy atom. The maximum absolute atomic E-state index is 11.6. The molecule has 5 aliphatic rings. The van der Waals surface area contributed by atoms with Crippen LogP contribution in [0.1, 0.15) is 19.3 Å². The second-order valence-electron chi connectivity index (χ2n) is 5.47. The van der Waals surface area contributed by atoms with Gasteiger partial charge in [-0.2, -0.15) is 0 Å². The molecule has 7 atom stereocenters. The van der Waals surface area contributed by atoms with Crippen molar-refractivity contribution in [3.63, 3.8) is 0 Å². The molecular formula is C11H14O3. The van der Waals surface area contributed by atoms with Gasteiger partial charge in [0.05, 0.1) is 12.0 Å². The minimum atomic E-state index is -0.223. The van der Waals surface area contributed by atoms with E-state index in [4.69, 9.17) is 4.74 Å². The molecule has 0 spiro atoms. The highest BCUT2D eigenvalue weighted by atomic mass is 16.6. The van der Waals surface area contributed by atoms with Gasteiger partial charge in [-0.3, -0.25) is 4.79 Å². The van der Waals surface area contributed by atoms with E-state index < -0.39 is 0 Å². The zero-order chi connectivity index (χ0) is 9.45. The van der Waals surface area contributed by atoms with Crippen molar-refractivity contribution in [2.75, 3.05) is 0 Å². The lowest BCUT2D eigenvalue weighted by molar-refractivity contribution is -0.145. The van der Waals surface area contributed by atoms with E-state index in [1.165, 1.54) is 0 Å². The van der Waals surface area contributed by atoms with Gasteiger partial charge in [-0.15, -0.1) is 0 Å². The number of rotatable bonds is 0. The monoisotopic (exact) mass is 194 g/mol. The maximum atomic E-state index is 11.6. The van der Waals surface area contributed by atoms with E-state index in [1.807, 2.05) is 0 Å². The fourth-order valence-corrected chi connectivity index (χ4v) is 4.57. The van der Waals surface area contributed by atoms with Crippen molar-refractivity contribution in [1.29, 1.82) is 0 Å². The summed E-state index contributed by atoms with van der Waals surface area (Å²) < 4.78 is 5.45. The van der Waals surface area contributed by atoms with Gasteiger partial charge < -0.3 is 9.84 Å². The highest BCUT2D eigenvalue weighted by molar-refractivity contribution is 5.76. The van der Waals surface area contributed by atoms with Gasteiger partial charge in [-0.1, -0.05) is 0 Å². The first-order chi connectivity index (χ1) is 6.75. The lowest BCUT2D eigenvalue weighted by Crippen LogP contribution is -2.56. The fourth-order valence-electron chi connectivity index (χ4n) is 4.57. The predicted octanol–water partition coefficient (Wildman–Crippen LogP) is 0.565. The van der Waals surface area contributed by atoms with Crippen LogP contribution in [-0.4, -0.2) is 23.3 Å². The van der Waals surface area contributed by atoms with Crippen LogP contribution < -0.4 is 0 Å². The number of aliphatic hydroxyl groups is 1. The molecule has 0 aromatic rings. The average molecular weight is 194 g/mol. The number of carbonyl (C=O) groups excluding carboxylic acids is 1. The predicted molar refractivity (Wildman–Crippen MR) is 47.2 cm³/mol. The number of aliphatic hydroxyl groups excluding tert-OH is 1. The fraction of sp³-hybridized carbons (Fsp3) is 0.909. The van der Waals surface area contributed by atoms with Crippen LogP contribution in [0.15, 0.2) is 0 Å². The highest BCUT2D eigenvalue weighted by Gasteiger charge is 2.64. The van der Waals surface area contributed by atoms with E-state index in [-0.39, 0.29) is 30.0 Å². The van der Waals surface area contributed by atoms with E-state index in [2.05, 4.69) is 0 Å². The van der Waals surface area contributed by atoms with Crippen LogP contribution in [0, 0.1) is 29.6 Å². The van der Waals surface area contributed by atoms with Crippen molar-refractivity contribution >= 4 is 5.97 Å². The molecule has 0 aromatic carbocycles. The molecule has 3 unspecified atom stereocenters. The van der Waals surface area contributed by atoms with Gasteiger partial charge in [0.25, 0.3) is 0 Å². The number of hydrogen-bond acceptors (Lipinski definition) is 3. The van der Waals surface area contributed by atoms with Gasteiger partial charge >= 0.3 is 5.97 Å². The lowest BCUT2D eigenvalue weighted by Gasteiger charge is -2.53. The smallest absolute Gasteiger partial charge is 0.310 e. The third-order valence-corrected chi connectivity index (χ3v) is 5.01. The molecule has 6 bridgehead atoms. The Balaban J connectivity index is 1.85. The summed E-state index contributed by atoms with van der Waals surface area (Å²) in [7, 11) is 0. The molecule has 4 saturated carbocycles. The molecule has 1 saturated heterocycles. The van der Waals surface area contributed by atoms with Crippen molar-refractivity contribution in [1.82, 2.24) is 0 Å². The zero-order valence-electron chi connectivity index (χ0n) is 7.93. The molecular weight excluding hydrogens is 180 g/mol. The summed E-state index contributed by atoms with van der Waals surface area (Å²) in [6.07, 6.45) is 3.12. The molecule has 1 aliphatic heterocycles. The first-order valence-corrected chi connectivity index (χ1v) is 5.64. The van der Waals surface area contributed by atoms with Crippen LogP contribution >= 0.6 is 0 Å². The Morgan fingerprint density at radius 2 is 1.93 bits per heavy atom. The molecule has 14 heavy (non-hydrogen) atoms. The van der Waals surface area contributed by atoms with Gasteiger partial charge in [0, 0.05) is 5.92 Å². The highest BCUT2D eigenvalue weighted by Crippen LogP contribution is 2.60. The Bertz CT molecular complexity index is 314. The first kappa shape index (κ1) is 7.69. The normalized spacial score (nSPS) is 63.2. The molecule has 5 fully saturated rings. The summed E-state index contributed by atoms with van der Waals surface area (Å²) in [6.45, 7) is 0. The summed E-state index contributed by atoms with van der Waals surface area (Å²) >= 11 is 0. The van der Waals surface area contributed by atoms with Crippen molar-refractivity contribution in [2.24, 2.45) is 29.6 Å². The van der Waals surface area contributed by atoms with E-state index in [9.17, 15) is 9.90 Å². The maximum Gasteiger partial charge on any atom is 0.310 e. The third-order valence-electron chi connectivity index (χ3n) is 5.01. The van der Waals surface area contributed by atoms with Crippen molar-refractivity contribution in [3.05, 3.63) is 0 Å². The van der Waals surface area contributed by atoms with E-state index >= 15 is 0 Å². The summed E-state index contributed by atoms with van der Waals surface area (Å²) in [5.74, 6) is 1.73. The van der Waals surface area contributed by atoms with Crippen molar-refractivity contribution < 1.29 is 14.6 Å². The van der Waals surface area contributed by atoms with Crippen LogP contribution in [0.4, 0.5) is 0 Å². The van der Waals surface area contributed by atoms with Crippen LogP contribution in [0.5, 0.6) is 0 Å². The van der Waals surface area contributed by atoms with Gasteiger partial charge in [0.15, 0.2) is 0 Å². The Morgan fingerprint density at radius 1 is 1.14 bits per heavy atom. The minimum absolute atomic E-state index is 0.0214. The van der Waals surface area contributed by atoms with Gasteiger partial charge in [0.1, 0.15) is 6.10 Å². The average Bonchev–Trinajstić information content (AvgIpc) is 2.39. The molecule has 1 heterocycles. The van der Waals surface area contributed by atoms with Gasteiger partial charge in [-0.05, 0) is 37.0 Å². The SMILES string of the molecule is O=C1OC2[C@H]3C[C@H]4C[C@@H]2C1[C@@H](C3)C4O. The summed E-state index contributed by atoms with van der Waals surface area (Å²) in [4.78, 5) is 11.6. The zero-order valence-corrected chi connectivity index (χ0v) is 7.93. The molecule has 4 aliphatic carbocycles.